The van der Waals surface area contributed by atoms with Crippen molar-refractivity contribution in [2.45, 2.75) is 33.4 Å². The molecule has 0 aliphatic carbocycles. The van der Waals surface area contributed by atoms with E-state index in [2.05, 4.69) is 48.1 Å². The third-order valence-corrected chi connectivity index (χ3v) is 4.30. The number of aromatic nitrogens is 1. The summed E-state index contributed by atoms with van der Waals surface area (Å²) >= 11 is 0. The molecule has 21 heavy (non-hydrogen) atoms. The highest BCUT2D eigenvalue weighted by Crippen LogP contribution is 2.24. The molecule has 1 atom stereocenters. The number of fused-ring (bicyclic) bond motifs is 1. The molecule has 1 unspecified atom stereocenters. The predicted octanol–water partition coefficient (Wildman–Crippen LogP) is 2.44. The van der Waals surface area contributed by atoms with Gasteiger partial charge in [0.05, 0.1) is 6.04 Å². The van der Waals surface area contributed by atoms with Gasteiger partial charge in [0, 0.05) is 43.8 Å². The van der Waals surface area contributed by atoms with Crippen molar-refractivity contribution in [1.82, 2.24) is 14.8 Å². The van der Waals surface area contributed by atoms with Gasteiger partial charge in [0.25, 0.3) is 0 Å². The predicted molar refractivity (Wildman–Crippen MR) is 87.3 cm³/mol. The zero-order chi connectivity index (χ0) is 15.6. The molecule has 0 bridgehead atoms. The number of rotatable bonds is 5. The van der Waals surface area contributed by atoms with Gasteiger partial charge in [-0.3, -0.25) is 4.79 Å². The van der Waals surface area contributed by atoms with Crippen LogP contribution in [0.2, 0.25) is 0 Å². The molecule has 0 spiro atoms. The minimum atomic E-state index is -0.174. The van der Waals surface area contributed by atoms with Crippen molar-refractivity contribution in [2.24, 2.45) is 7.05 Å². The lowest BCUT2D eigenvalue weighted by Gasteiger charge is -2.21. The Balaban J connectivity index is 2.16. The largest absolute Gasteiger partial charge is 0.346 e. The number of nitrogens with zero attached hydrogens (tertiary/aromatic N) is 2. The number of hydrogen-bond donors (Lipinski definition) is 1. The summed E-state index contributed by atoms with van der Waals surface area (Å²) in [5, 5.41) is 4.62. The van der Waals surface area contributed by atoms with Gasteiger partial charge in [0.1, 0.15) is 0 Å². The summed E-state index contributed by atoms with van der Waals surface area (Å²) < 4.78 is 2.21. The van der Waals surface area contributed by atoms with Gasteiger partial charge in [0.15, 0.2) is 0 Å². The number of hydrogen-bond acceptors (Lipinski definition) is 2. The lowest BCUT2D eigenvalue weighted by atomic mass is 10.1. The van der Waals surface area contributed by atoms with E-state index in [0.717, 1.165) is 6.54 Å². The van der Waals surface area contributed by atoms with Crippen LogP contribution < -0.4 is 5.32 Å². The van der Waals surface area contributed by atoms with E-state index in [-0.39, 0.29) is 11.9 Å². The maximum absolute atomic E-state index is 12.1. The summed E-state index contributed by atoms with van der Waals surface area (Å²) in [6.45, 7) is 7.48. The fourth-order valence-corrected chi connectivity index (χ4v) is 2.71. The van der Waals surface area contributed by atoms with Crippen molar-refractivity contribution in [3.05, 3.63) is 35.5 Å². The average molecular weight is 287 g/mol. The van der Waals surface area contributed by atoms with E-state index in [1.807, 2.05) is 20.9 Å². The van der Waals surface area contributed by atoms with Crippen molar-refractivity contribution < 1.29 is 4.79 Å². The first-order valence-electron chi connectivity index (χ1n) is 7.48. The molecule has 0 radical (unpaired) electrons. The maximum atomic E-state index is 12.1. The molecule has 0 aliphatic heterocycles. The molecule has 4 nitrogen and oxygen atoms in total. The second kappa shape index (κ2) is 6.31. The zero-order valence-corrected chi connectivity index (χ0v) is 13.6. The Morgan fingerprint density at radius 2 is 2.05 bits per heavy atom. The Bertz CT molecular complexity index is 606. The molecule has 0 saturated carbocycles. The van der Waals surface area contributed by atoms with Crippen LogP contribution in [0.5, 0.6) is 0 Å². The molecule has 1 N–H and O–H groups in total. The maximum Gasteiger partial charge on any atom is 0.239 e. The number of likely N-dealkylation sites (N-methyl/N-ethyl adjacent to an activating group) is 1. The Hall–Kier alpha value is -1.81. The summed E-state index contributed by atoms with van der Waals surface area (Å²) in [5.74, 6) is 0.133. The summed E-state index contributed by atoms with van der Waals surface area (Å²) in [4.78, 5) is 13.8. The van der Waals surface area contributed by atoms with E-state index in [0.29, 0.717) is 6.54 Å². The summed E-state index contributed by atoms with van der Waals surface area (Å²) in [7, 11) is 3.92. The van der Waals surface area contributed by atoms with Crippen LogP contribution in [-0.2, 0) is 18.4 Å². The SMILES string of the molecule is CCN(C)C(=O)C(C)NCc1c(C)c2ccccc2n1C. The normalized spacial score (nSPS) is 12.6. The first-order valence-corrected chi connectivity index (χ1v) is 7.48. The minimum absolute atomic E-state index is 0.133. The van der Waals surface area contributed by atoms with Gasteiger partial charge in [0.2, 0.25) is 5.91 Å². The van der Waals surface area contributed by atoms with Crippen molar-refractivity contribution >= 4 is 16.8 Å². The van der Waals surface area contributed by atoms with Crippen LogP contribution in [-0.4, -0.2) is 35.0 Å². The molecule has 114 valence electrons. The van der Waals surface area contributed by atoms with Crippen LogP contribution in [0.25, 0.3) is 10.9 Å². The molecule has 2 aromatic rings. The average Bonchev–Trinajstić information content (AvgIpc) is 2.75. The Labute approximate surface area is 126 Å². The third kappa shape index (κ3) is 2.95. The van der Waals surface area contributed by atoms with Gasteiger partial charge in [-0.25, -0.2) is 0 Å². The quantitative estimate of drug-likeness (QED) is 0.917. The van der Waals surface area contributed by atoms with E-state index in [9.17, 15) is 4.79 Å². The lowest BCUT2D eigenvalue weighted by molar-refractivity contribution is -0.131. The van der Waals surface area contributed by atoms with Gasteiger partial charge < -0.3 is 14.8 Å². The first-order chi connectivity index (χ1) is 9.97. The van der Waals surface area contributed by atoms with Gasteiger partial charge in [-0.05, 0) is 32.4 Å². The minimum Gasteiger partial charge on any atom is -0.346 e. The third-order valence-electron chi connectivity index (χ3n) is 4.30. The Kier molecular flexibility index (Phi) is 4.68. The summed E-state index contributed by atoms with van der Waals surface area (Å²) in [6, 6.07) is 8.22. The van der Waals surface area contributed by atoms with E-state index < -0.39 is 0 Å². The van der Waals surface area contributed by atoms with Gasteiger partial charge in [-0.2, -0.15) is 0 Å². The van der Waals surface area contributed by atoms with E-state index in [1.165, 1.54) is 22.2 Å². The molecule has 1 aromatic carbocycles. The monoisotopic (exact) mass is 287 g/mol. The van der Waals surface area contributed by atoms with Crippen LogP contribution in [0.15, 0.2) is 24.3 Å². The molecule has 0 fully saturated rings. The second-order valence-electron chi connectivity index (χ2n) is 5.60. The summed E-state index contributed by atoms with van der Waals surface area (Å²) in [5.41, 5.74) is 3.75. The Morgan fingerprint density at radius 1 is 1.38 bits per heavy atom. The van der Waals surface area contributed by atoms with E-state index in [1.54, 1.807) is 4.90 Å². The molecular formula is C17H25N3O. The number of benzene rings is 1. The topological polar surface area (TPSA) is 37.3 Å². The van der Waals surface area contributed by atoms with Crippen LogP contribution >= 0.6 is 0 Å². The molecule has 4 heteroatoms. The standard InChI is InChI=1S/C17H25N3O/c1-6-19(4)17(21)13(3)18-11-16-12(2)14-9-7-8-10-15(14)20(16)5/h7-10,13,18H,6,11H2,1-5H3. The van der Waals surface area contributed by atoms with Crippen molar-refractivity contribution in [3.63, 3.8) is 0 Å². The highest BCUT2D eigenvalue weighted by molar-refractivity contribution is 5.85. The lowest BCUT2D eigenvalue weighted by Crippen LogP contribution is -2.42. The number of carbonyl (C=O) groups is 1. The highest BCUT2D eigenvalue weighted by Gasteiger charge is 2.17. The second-order valence-corrected chi connectivity index (χ2v) is 5.60. The van der Waals surface area contributed by atoms with E-state index >= 15 is 0 Å². The number of carbonyl (C=O) groups excluding carboxylic acids is 1. The zero-order valence-electron chi connectivity index (χ0n) is 13.6. The Morgan fingerprint density at radius 3 is 2.67 bits per heavy atom. The molecule has 2 rings (SSSR count). The number of para-hydroxylation sites is 1. The summed E-state index contributed by atoms with van der Waals surface area (Å²) in [6.07, 6.45) is 0. The van der Waals surface area contributed by atoms with Gasteiger partial charge in [-0.15, -0.1) is 0 Å². The smallest absolute Gasteiger partial charge is 0.239 e. The van der Waals surface area contributed by atoms with Crippen LogP contribution in [0.3, 0.4) is 0 Å². The molecular weight excluding hydrogens is 262 g/mol. The van der Waals surface area contributed by atoms with Crippen LogP contribution in [0.1, 0.15) is 25.1 Å². The van der Waals surface area contributed by atoms with Gasteiger partial charge in [-0.1, -0.05) is 18.2 Å². The molecule has 1 heterocycles. The highest BCUT2D eigenvalue weighted by atomic mass is 16.2. The van der Waals surface area contributed by atoms with Crippen molar-refractivity contribution in [2.75, 3.05) is 13.6 Å². The fraction of sp³-hybridized carbons (Fsp3) is 0.471. The van der Waals surface area contributed by atoms with Gasteiger partial charge >= 0.3 is 0 Å². The molecule has 1 aromatic heterocycles. The van der Waals surface area contributed by atoms with Crippen LogP contribution in [0, 0.1) is 6.92 Å². The number of nitrogens with one attached hydrogen (secondary N) is 1. The molecule has 0 saturated heterocycles. The first kappa shape index (κ1) is 15.6. The number of amides is 1. The van der Waals surface area contributed by atoms with Crippen molar-refractivity contribution in [3.8, 4) is 0 Å². The van der Waals surface area contributed by atoms with Crippen molar-refractivity contribution in [1.29, 1.82) is 0 Å². The molecule has 0 aliphatic rings. The number of aryl methyl sites for hydroxylation is 2. The van der Waals surface area contributed by atoms with Crippen LogP contribution in [0.4, 0.5) is 0 Å². The van der Waals surface area contributed by atoms with E-state index in [4.69, 9.17) is 0 Å². The molecule has 1 amide bonds. The fourth-order valence-electron chi connectivity index (χ4n) is 2.71.